The molecule has 12 heteroatoms. The molecular formula is C32H38N4O7S. The second kappa shape index (κ2) is 14.1. The molecular weight excluding hydrogens is 584 g/mol. The molecule has 1 unspecified atom stereocenters. The lowest BCUT2D eigenvalue weighted by molar-refractivity contribution is -0.146. The van der Waals surface area contributed by atoms with E-state index in [9.17, 15) is 18.0 Å². The minimum atomic E-state index is -4.24. The number of benzene rings is 2. The Balaban J connectivity index is 1.49. The van der Waals surface area contributed by atoms with Crippen molar-refractivity contribution in [2.75, 3.05) is 44.4 Å². The normalized spacial score (nSPS) is 16.6. The van der Waals surface area contributed by atoms with Gasteiger partial charge in [-0.2, -0.15) is 4.31 Å². The fourth-order valence-corrected chi connectivity index (χ4v) is 6.79. The maximum absolute atomic E-state index is 13.6. The first-order valence-corrected chi connectivity index (χ1v) is 16.3. The highest BCUT2D eigenvalue weighted by molar-refractivity contribution is 7.89. The molecule has 11 nitrogen and oxygen atoms in total. The van der Waals surface area contributed by atoms with Gasteiger partial charge in [0.25, 0.3) is 0 Å². The van der Waals surface area contributed by atoms with Crippen LogP contribution in [0.15, 0.2) is 71.8 Å². The second-order valence-electron chi connectivity index (χ2n) is 10.4. The van der Waals surface area contributed by atoms with Crippen LogP contribution in [-0.4, -0.2) is 75.2 Å². The number of esters is 2. The van der Waals surface area contributed by atoms with E-state index in [1.165, 1.54) is 12.1 Å². The number of H-pyrrole nitrogens is 1. The van der Waals surface area contributed by atoms with Crippen molar-refractivity contribution in [3.8, 4) is 0 Å². The van der Waals surface area contributed by atoms with Crippen molar-refractivity contribution in [1.29, 1.82) is 0 Å². The number of carbonyl (C=O) groups is 2. The molecule has 2 N–H and O–H groups in total. The third-order valence-electron chi connectivity index (χ3n) is 7.51. The fourth-order valence-electron chi connectivity index (χ4n) is 5.46. The Labute approximate surface area is 257 Å². The molecule has 234 valence electrons. The summed E-state index contributed by atoms with van der Waals surface area (Å²) in [4.78, 5) is 29.9. The van der Waals surface area contributed by atoms with Crippen LogP contribution in [-0.2, 0) is 40.4 Å². The summed E-state index contributed by atoms with van der Waals surface area (Å²) in [6.45, 7) is 4.16. The Kier molecular flexibility index (Phi) is 10.0. The molecule has 0 aliphatic carbocycles. The van der Waals surface area contributed by atoms with Crippen LogP contribution in [0.25, 0.3) is 11.4 Å². The second-order valence-corrected chi connectivity index (χ2v) is 12.4. The molecule has 2 aromatic carbocycles. The summed E-state index contributed by atoms with van der Waals surface area (Å²) in [7, 11) is -4.24. The van der Waals surface area contributed by atoms with Gasteiger partial charge in [-0.05, 0) is 57.0 Å². The molecule has 1 atom stereocenters. The summed E-state index contributed by atoms with van der Waals surface area (Å²) in [5, 5.41) is 3.66. The molecule has 1 aromatic heterocycles. The number of hydrogen-bond acceptors (Lipinski definition) is 9. The Morgan fingerprint density at radius 2 is 1.68 bits per heavy atom. The molecule has 5 rings (SSSR count). The van der Waals surface area contributed by atoms with Crippen LogP contribution in [0, 0.1) is 0 Å². The number of fused-ring (bicyclic) bond motifs is 1. The molecule has 3 aromatic rings. The molecule has 44 heavy (non-hydrogen) atoms. The van der Waals surface area contributed by atoms with E-state index in [0.717, 1.165) is 57.7 Å². The monoisotopic (exact) mass is 622 g/mol. The van der Waals surface area contributed by atoms with Crippen molar-refractivity contribution >= 4 is 39.0 Å². The molecule has 1 fully saturated rings. The molecule has 2 aliphatic rings. The van der Waals surface area contributed by atoms with E-state index in [1.807, 2.05) is 24.4 Å². The van der Waals surface area contributed by atoms with Gasteiger partial charge in [-0.25, -0.2) is 8.42 Å². The lowest BCUT2D eigenvalue weighted by atomic mass is 9.98. The first-order valence-electron chi connectivity index (χ1n) is 14.8. The van der Waals surface area contributed by atoms with Gasteiger partial charge < -0.3 is 29.4 Å². The summed E-state index contributed by atoms with van der Waals surface area (Å²) in [6.07, 6.45) is 4.10. The maximum atomic E-state index is 13.6. The minimum absolute atomic E-state index is 0.0607. The SMILES string of the molecule is CCOC(=O)CN(CC(=O)OCC)S(=O)(=O)c1ccc(N2Cc3[nH]ccc3C(NCC3CCCO3)=C2c2ccccc2)cc1. The summed E-state index contributed by atoms with van der Waals surface area (Å²) in [6, 6.07) is 18.5. The van der Waals surface area contributed by atoms with Crippen LogP contribution >= 0.6 is 0 Å². The van der Waals surface area contributed by atoms with Gasteiger partial charge in [0.15, 0.2) is 0 Å². The van der Waals surface area contributed by atoms with Crippen LogP contribution in [0.1, 0.15) is 43.5 Å². The van der Waals surface area contributed by atoms with Gasteiger partial charge in [0.05, 0.1) is 42.2 Å². The summed E-state index contributed by atoms with van der Waals surface area (Å²) in [5.74, 6) is -1.51. The van der Waals surface area contributed by atoms with Gasteiger partial charge in [0, 0.05) is 41.9 Å². The quantitative estimate of drug-likeness (QED) is 0.274. The molecule has 3 heterocycles. The van der Waals surface area contributed by atoms with E-state index >= 15 is 0 Å². The molecule has 0 bridgehead atoms. The van der Waals surface area contributed by atoms with Crippen molar-refractivity contribution in [1.82, 2.24) is 14.6 Å². The number of aromatic amines is 1. The molecule has 0 spiro atoms. The summed E-state index contributed by atoms with van der Waals surface area (Å²) >= 11 is 0. The first kappa shape index (κ1) is 31.3. The number of anilines is 1. The number of sulfonamides is 1. The highest BCUT2D eigenvalue weighted by Crippen LogP contribution is 2.39. The van der Waals surface area contributed by atoms with E-state index in [4.69, 9.17) is 14.2 Å². The minimum Gasteiger partial charge on any atom is -0.465 e. The van der Waals surface area contributed by atoms with E-state index in [2.05, 4.69) is 33.4 Å². The standard InChI is InChI=1S/C32H38N4O7S/c1-3-41-29(37)21-35(22-30(38)42-4-2)44(39,40)26-14-12-24(13-15-26)36-20-28-27(16-17-33-28)31(34-19-25-11-8-18-43-25)32(36)23-9-6-5-7-10-23/h5-7,9-10,12-17,25,33-34H,3-4,8,11,18-22H2,1-2H3. The van der Waals surface area contributed by atoms with Crippen LogP contribution in [0.5, 0.6) is 0 Å². The Bertz CT molecular complexity index is 1560. The summed E-state index contributed by atoms with van der Waals surface area (Å²) in [5.41, 5.74) is 5.78. The third kappa shape index (κ3) is 6.98. The van der Waals surface area contributed by atoms with E-state index in [1.54, 1.807) is 26.0 Å². The van der Waals surface area contributed by atoms with Crippen molar-refractivity contribution in [3.63, 3.8) is 0 Å². The number of rotatable bonds is 13. The predicted molar refractivity (Wildman–Crippen MR) is 166 cm³/mol. The van der Waals surface area contributed by atoms with Crippen molar-refractivity contribution in [2.45, 2.75) is 44.2 Å². The van der Waals surface area contributed by atoms with Gasteiger partial charge in [-0.1, -0.05) is 30.3 Å². The van der Waals surface area contributed by atoms with Crippen LogP contribution in [0.4, 0.5) is 5.69 Å². The van der Waals surface area contributed by atoms with Crippen LogP contribution in [0.3, 0.4) is 0 Å². The predicted octanol–water partition coefficient (Wildman–Crippen LogP) is 3.75. The number of carbonyl (C=O) groups excluding carboxylic acids is 2. The van der Waals surface area contributed by atoms with E-state index < -0.39 is 35.1 Å². The third-order valence-corrected chi connectivity index (χ3v) is 9.32. The molecule has 0 amide bonds. The topological polar surface area (TPSA) is 130 Å². The fraction of sp³-hybridized carbons (Fsp3) is 0.375. The molecule has 0 radical (unpaired) electrons. The van der Waals surface area contributed by atoms with E-state index in [0.29, 0.717) is 13.1 Å². The number of aromatic nitrogens is 1. The first-order chi connectivity index (χ1) is 21.3. The zero-order valence-corrected chi connectivity index (χ0v) is 25.8. The van der Waals surface area contributed by atoms with Crippen LogP contribution < -0.4 is 10.2 Å². The maximum Gasteiger partial charge on any atom is 0.321 e. The molecule has 0 saturated carbocycles. The van der Waals surface area contributed by atoms with Gasteiger partial charge in [0.1, 0.15) is 13.1 Å². The van der Waals surface area contributed by atoms with E-state index in [-0.39, 0.29) is 24.2 Å². The smallest absolute Gasteiger partial charge is 0.321 e. The molecule has 1 saturated heterocycles. The van der Waals surface area contributed by atoms with Gasteiger partial charge in [-0.15, -0.1) is 0 Å². The zero-order valence-electron chi connectivity index (χ0n) is 25.0. The van der Waals surface area contributed by atoms with Gasteiger partial charge >= 0.3 is 11.9 Å². The number of ether oxygens (including phenoxy) is 3. The number of nitrogens with zero attached hydrogens (tertiary/aromatic N) is 2. The Hall–Kier alpha value is -4.13. The van der Waals surface area contributed by atoms with Crippen LogP contribution in [0.2, 0.25) is 0 Å². The van der Waals surface area contributed by atoms with Crippen molar-refractivity contribution in [3.05, 3.63) is 83.7 Å². The lowest BCUT2D eigenvalue weighted by Gasteiger charge is -2.35. The average Bonchev–Trinajstić information content (AvgIpc) is 3.72. The zero-order chi connectivity index (χ0) is 31.1. The van der Waals surface area contributed by atoms with Crippen molar-refractivity contribution in [2.24, 2.45) is 0 Å². The number of hydrogen-bond donors (Lipinski definition) is 2. The Morgan fingerprint density at radius 1 is 1.00 bits per heavy atom. The van der Waals surface area contributed by atoms with Gasteiger partial charge in [-0.3, -0.25) is 9.59 Å². The average molecular weight is 623 g/mol. The summed E-state index contributed by atoms with van der Waals surface area (Å²) < 4.78 is 43.9. The Morgan fingerprint density at radius 3 is 2.30 bits per heavy atom. The highest BCUT2D eigenvalue weighted by atomic mass is 32.2. The largest absolute Gasteiger partial charge is 0.465 e. The van der Waals surface area contributed by atoms with Gasteiger partial charge in [0.2, 0.25) is 10.0 Å². The molecule has 2 aliphatic heterocycles. The number of nitrogens with one attached hydrogen (secondary N) is 2. The highest BCUT2D eigenvalue weighted by Gasteiger charge is 2.32. The van der Waals surface area contributed by atoms with Crippen molar-refractivity contribution < 1.29 is 32.2 Å². The lowest BCUT2D eigenvalue weighted by Crippen LogP contribution is -2.40.